The molecule has 0 aliphatic carbocycles. The fourth-order valence-electron chi connectivity index (χ4n) is 4.65. The first-order chi connectivity index (χ1) is 25.2. The minimum Gasteiger partial charge on any atom is -0.508 e. The van der Waals surface area contributed by atoms with Crippen LogP contribution in [0, 0.1) is 5.92 Å². The van der Waals surface area contributed by atoms with Crippen LogP contribution in [-0.2, 0) is 44.8 Å². The molecule has 0 radical (unpaired) electrons. The Kier molecular flexibility index (Phi) is 19.6. The highest BCUT2D eigenvalue weighted by Crippen LogP contribution is 2.12. The van der Waals surface area contributed by atoms with Crippen molar-refractivity contribution in [2.75, 3.05) is 19.7 Å². The van der Waals surface area contributed by atoms with E-state index in [4.69, 9.17) is 5.73 Å². The number of nitrogens with two attached hydrogens (primary N) is 1. The molecule has 302 valence electrons. The number of phenols is 1. The van der Waals surface area contributed by atoms with Crippen molar-refractivity contribution in [3.8, 4) is 5.75 Å². The lowest BCUT2D eigenvalue weighted by molar-refractivity contribution is -0.145. The molecule has 54 heavy (non-hydrogen) atoms. The summed E-state index contributed by atoms with van der Waals surface area (Å²) in [6.07, 6.45) is -3.17. The number of aliphatic hydroxyl groups is 3. The zero-order valence-electron chi connectivity index (χ0n) is 30.6. The summed E-state index contributed by atoms with van der Waals surface area (Å²) in [6.45, 7) is 4.82. The van der Waals surface area contributed by atoms with E-state index < -0.39 is 115 Å². The lowest BCUT2D eigenvalue weighted by Gasteiger charge is -2.28. The smallest absolute Gasteiger partial charge is 0.328 e. The Morgan fingerprint density at radius 2 is 1.11 bits per heavy atom. The maximum absolute atomic E-state index is 13.2. The van der Waals surface area contributed by atoms with Crippen LogP contribution in [0.1, 0.15) is 46.6 Å². The second-order valence-corrected chi connectivity index (χ2v) is 13.0. The van der Waals surface area contributed by atoms with E-state index in [1.54, 1.807) is 13.8 Å². The molecule has 21 heteroatoms. The number of rotatable bonds is 22. The number of hydrogen-bond donors (Lipinski definition) is 13. The molecule has 0 aromatic heterocycles. The number of aliphatic carboxylic acids is 1. The van der Waals surface area contributed by atoms with E-state index in [1.165, 1.54) is 31.2 Å². The Morgan fingerprint density at radius 3 is 1.57 bits per heavy atom. The highest BCUT2D eigenvalue weighted by molar-refractivity contribution is 5.96. The number of nitrogens with one attached hydrogen (secondary N) is 7. The van der Waals surface area contributed by atoms with Gasteiger partial charge in [-0.15, -0.1) is 0 Å². The average molecular weight is 769 g/mol. The Hall–Kier alpha value is -5.38. The summed E-state index contributed by atoms with van der Waals surface area (Å²) < 4.78 is 0. The molecule has 0 heterocycles. The number of amides is 7. The van der Waals surface area contributed by atoms with Crippen molar-refractivity contribution >= 4 is 47.3 Å². The number of carbonyl (C=O) groups excluding carboxylic acids is 7. The van der Waals surface area contributed by atoms with Crippen molar-refractivity contribution in [1.82, 2.24) is 37.2 Å². The molecule has 1 rings (SSSR count). The fourth-order valence-corrected chi connectivity index (χ4v) is 4.65. The third-order valence-electron chi connectivity index (χ3n) is 7.57. The van der Waals surface area contributed by atoms with Crippen LogP contribution in [0.25, 0.3) is 0 Å². The minimum atomic E-state index is -1.74. The Balaban J connectivity index is 2.98. The van der Waals surface area contributed by atoms with Gasteiger partial charge in [0.2, 0.25) is 41.4 Å². The SMILES string of the molecule is CC(C)C[C@H](NC(=O)[C@@H](NC(=O)[C@H](CO)NC(=O)CNC(=O)[C@H](Cc1ccc(O)cc1)NC(=O)CNC(=O)[C@H](C)N)[C@@H](C)O)C(=O)N[C@H](C(=O)O)[C@@H](C)O. The molecule has 21 nitrogen and oxygen atoms in total. The van der Waals surface area contributed by atoms with Gasteiger partial charge in [-0.2, -0.15) is 0 Å². The highest BCUT2D eigenvalue weighted by atomic mass is 16.4. The molecule has 0 fully saturated rings. The van der Waals surface area contributed by atoms with Crippen LogP contribution in [0.3, 0.4) is 0 Å². The molecular weight excluding hydrogens is 716 g/mol. The molecule has 0 aliphatic rings. The normalized spacial score (nSPS) is 15.4. The largest absolute Gasteiger partial charge is 0.508 e. The molecule has 0 bridgehead atoms. The Bertz CT molecular complexity index is 1470. The number of hydrogen-bond acceptors (Lipinski definition) is 13. The molecule has 0 aliphatic heterocycles. The molecule has 0 saturated carbocycles. The number of aromatic hydroxyl groups is 1. The zero-order chi connectivity index (χ0) is 41.3. The van der Waals surface area contributed by atoms with Crippen LogP contribution in [0.4, 0.5) is 0 Å². The van der Waals surface area contributed by atoms with Crippen molar-refractivity contribution in [2.45, 2.75) is 95.9 Å². The van der Waals surface area contributed by atoms with Crippen molar-refractivity contribution in [3.63, 3.8) is 0 Å². The lowest BCUT2D eigenvalue weighted by atomic mass is 10.0. The van der Waals surface area contributed by atoms with Crippen LogP contribution in [0.5, 0.6) is 5.75 Å². The van der Waals surface area contributed by atoms with E-state index in [2.05, 4.69) is 37.2 Å². The summed E-state index contributed by atoms with van der Waals surface area (Å²) in [4.78, 5) is 101. The van der Waals surface area contributed by atoms with Gasteiger partial charge in [-0.3, -0.25) is 33.6 Å². The van der Waals surface area contributed by atoms with Crippen LogP contribution in [0.2, 0.25) is 0 Å². The molecule has 0 saturated heterocycles. The highest BCUT2D eigenvalue weighted by Gasteiger charge is 2.34. The molecule has 1 aromatic rings. The molecule has 1 aromatic carbocycles. The summed E-state index contributed by atoms with van der Waals surface area (Å²) in [5.41, 5.74) is 5.97. The number of benzene rings is 1. The summed E-state index contributed by atoms with van der Waals surface area (Å²) in [6, 6.07) is -3.00. The second-order valence-electron chi connectivity index (χ2n) is 13.0. The number of carboxylic acid groups (broad SMARTS) is 1. The maximum atomic E-state index is 13.2. The Morgan fingerprint density at radius 1 is 0.630 bits per heavy atom. The van der Waals surface area contributed by atoms with Crippen LogP contribution < -0.4 is 43.0 Å². The van der Waals surface area contributed by atoms with E-state index in [0.717, 1.165) is 13.8 Å². The predicted octanol–water partition coefficient (Wildman–Crippen LogP) is -5.18. The minimum absolute atomic E-state index is 0.00512. The monoisotopic (exact) mass is 768 g/mol. The van der Waals surface area contributed by atoms with Gasteiger partial charge in [-0.25, -0.2) is 4.79 Å². The molecule has 8 atom stereocenters. The maximum Gasteiger partial charge on any atom is 0.328 e. The van der Waals surface area contributed by atoms with E-state index in [9.17, 15) is 63.9 Å². The third-order valence-corrected chi connectivity index (χ3v) is 7.57. The van der Waals surface area contributed by atoms with Gasteiger partial charge in [0.15, 0.2) is 6.04 Å². The van der Waals surface area contributed by atoms with E-state index in [-0.39, 0.29) is 24.5 Å². The second kappa shape index (κ2) is 22.6. The summed E-state index contributed by atoms with van der Waals surface area (Å²) >= 11 is 0. The van der Waals surface area contributed by atoms with E-state index in [1.807, 2.05) is 0 Å². The van der Waals surface area contributed by atoms with Gasteiger partial charge >= 0.3 is 5.97 Å². The average Bonchev–Trinajstić information content (AvgIpc) is 3.08. The van der Waals surface area contributed by atoms with Gasteiger partial charge in [0.05, 0.1) is 37.9 Å². The summed E-state index contributed by atoms with van der Waals surface area (Å²) in [7, 11) is 0. The number of phenolic OH excluding ortho intramolecular Hbond substituents is 1. The Labute approximate surface area is 311 Å². The number of carbonyl (C=O) groups is 8. The van der Waals surface area contributed by atoms with Crippen LogP contribution in [-0.4, -0.2) is 141 Å². The van der Waals surface area contributed by atoms with Gasteiger partial charge in [0, 0.05) is 6.42 Å². The standard InChI is InChI=1S/C33H52N8O13/c1-15(2)10-21(30(50)41-27(18(5)44)33(53)54)39-32(52)26(17(4)43)40-31(51)23(14-42)38-25(47)13-36-29(49)22(11-19-6-8-20(45)9-7-19)37-24(46)12-35-28(48)16(3)34/h6-9,15-18,21-23,26-27,42-45H,10-14,34H2,1-5H3,(H,35,48)(H,36,49)(H,37,46)(H,38,47)(H,39,52)(H,40,51)(H,41,50)(H,53,54)/t16-,17+,18+,21-,22-,23-,26-,27-/m0/s1. The quantitative estimate of drug-likeness (QED) is 0.0525. The third kappa shape index (κ3) is 16.5. The molecule has 14 N–H and O–H groups in total. The molecule has 0 spiro atoms. The number of aliphatic hydroxyl groups excluding tert-OH is 3. The topological polar surface area (TPSA) is 348 Å². The van der Waals surface area contributed by atoms with Crippen molar-refractivity contribution in [3.05, 3.63) is 29.8 Å². The van der Waals surface area contributed by atoms with Gasteiger partial charge in [-0.05, 0) is 50.8 Å². The van der Waals surface area contributed by atoms with Gasteiger partial charge in [-0.1, -0.05) is 26.0 Å². The first-order valence-corrected chi connectivity index (χ1v) is 16.9. The van der Waals surface area contributed by atoms with Gasteiger partial charge in [0.25, 0.3) is 0 Å². The summed E-state index contributed by atoms with van der Waals surface area (Å²) in [5, 5.41) is 64.6. The zero-order valence-corrected chi connectivity index (χ0v) is 30.6. The van der Waals surface area contributed by atoms with Crippen molar-refractivity contribution in [2.24, 2.45) is 11.7 Å². The summed E-state index contributed by atoms with van der Waals surface area (Å²) in [5.74, 6) is -8.19. The van der Waals surface area contributed by atoms with Crippen LogP contribution >= 0.6 is 0 Å². The molecule has 0 unspecified atom stereocenters. The number of carboxylic acids is 1. The van der Waals surface area contributed by atoms with Gasteiger partial charge in [0.1, 0.15) is 29.9 Å². The van der Waals surface area contributed by atoms with E-state index >= 15 is 0 Å². The lowest BCUT2D eigenvalue weighted by Crippen LogP contribution is -2.61. The van der Waals surface area contributed by atoms with Gasteiger partial charge < -0.3 is 68.5 Å². The van der Waals surface area contributed by atoms with Crippen molar-refractivity contribution in [1.29, 1.82) is 0 Å². The molecular formula is C33H52N8O13. The van der Waals surface area contributed by atoms with E-state index in [0.29, 0.717) is 5.56 Å². The molecule has 7 amide bonds. The van der Waals surface area contributed by atoms with Crippen LogP contribution in [0.15, 0.2) is 24.3 Å². The van der Waals surface area contributed by atoms with Crippen molar-refractivity contribution < 1.29 is 63.9 Å². The fraction of sp³-hybridized carbons (Fsp3) is 0.576. The predicted molar refractivity (Wildman–Crippen MR) is 189 cm³/mol. The first kappa shape index (κ1) is 46.6. The first-order valence-electron chi connectivity index (χ1n) is 16.9.